The number of rotatable bonds is 4. The molecule has 0 aromatic heterocycles. The van der Waals surface area contributed by atoms with Crippen LogP contribution in [-0.4, -0.2) is 40.0 Å². The maximum atomic E-state index is 12.0. The second kappa shape index (κ2) is 3.48. The van der Waals surface area contributed by atoms with Crippen molar-refractivity contribution in [3.05, 3.63) is 0 Å². The number of carboxylic acids is 1. The van der Waals surface area contributed by atoms with Gasteiger partial charge in [-0.25, -0.2) is 0 Å². The maximum Gasteiger partial charge on any atom is 0.323 e. The second-order valence-electron chi connectivity index (χ2n) is 4.57. The quantitative estimate of drug-likeness (QED) is 0.684. The summed E-state index contributed by atoms with van der Waals surface area (Å²) in [6.45, 7) is -0.206. The van der Waals surface area contributed by atoms with Crippen LogP contribution in [0.3, 0.4) is 0 Å². The predicted molar refractivity (Wildman–Crippen MR) is 53.1 cm³/mol. The largest absolute Gasteiger partial charge is 0.480 e. The fourth-order valence-electron chi connectivity index (χ4n) is 1.96. The molecule has 3 N–H and O–H groups in total. The summed E-state index contributed by atoms with van der Waals surface area (Å²) in [6, 6.07) is 0.120. The summed E-state index contributed by atoms with van der Waals surface area (Å²) in [5.74, 6) is -1.13. The minimum absolute atomic E-state index is 0.120. The van der Waals surface area contributed by atoms with Gasteiger partial charge < -0.3 is 15.7 Å². The zero-order valence-corrected chi connectivity index (χ0v) is 8.61. The van der Waals surface area contributed by atoms with Gasteiger partial charge in [0.15, 0.2) is 0 Å². The van der Waals surface area contributed by atoms with Gasteiger partial charge in [-0.15, -0.1) is 0 Å². The van der Waals surface area contributed by atoms with Crippen molar-refractivity contribution in [1.82, 2.24) is 4.90 Å². The lowest BCUT2D eigenvalue weighted by Crippen LogP contribution is -2.60. The van der Waals surface area contributed by atoms with Crippen LogP contribution in [0.4, 0.5) is 0 Å². The molecule has 0 atom stereocenters. The van der Waals surface area contributed by atoms with Crippen molar-refractivity contribution in [2.45, 2.75) is 43.7 Å². The summed E-state index contributed by atoms with van der Waals surface area (Å²) < 4.78 is 0. The smallest absolute Gasteiger partial charge is 0.323 e. The first kappa shape index (κ1) is 10.4. The van der Waals surface area contributed by atoms with E-state index in [2.05, 4.69) is 0 Å². The fourth-order valence-corrected chi connectivity index (χ4v) is 1.96. The molecule has 0 aromatic rings. The van der Waals surface area contributed by atoms with Crippen LogP contribution in [0, 0.1) is 0 Å². The van der Waals surface area contributed by atoms with Crippen LogP contribution in [0.2, 0.25) is 0 Å². The molecule has 0 aromatic carbocycles. The molecule has 1 amide bonds. The number of amides is 1. The Morgan fingerprint density at radius 2 is 2.00 bits per heavy atom. The van der Waals surface area contributed by atoms with E-state index in [4.69, 9.17) is 10.8 Å². The molecule has 0 bridgehead atoms. The van der Waals surface area contributed by atoms with Gasteiger partial charge in [0.05, 0.1) is 5.54 Å². The molecule has 15 heavy (non-hydrogen) atoms. The molecule has 0 aliphatic heterocycles. The highest BCUT2D eigenvalue weighted by atomic mass is 16.4. The number of aliphatic carboxylic acids is 1. The van der Waals surface area contributed by atoms with E-state index in [1.165, 1.54) is 4.90 Å². The van der Waals surface area contributed by atoms with Gasteiger partial charge in [0.2, 0.25) is 5.91 Å². The Morgan fingerprint density at radius 3 is 2.33 bits per heavy atom. The van der Waals surface area contributed by atoms with Crippen molar-refractivity contribution in [3.63, 3.8) is 0 Å². The lowest BCUT2D eigenvalue weighted by molar-refractivity contribution is -0.149. The zero-order chi connectivity index (χ0) is 11.1. The van der Waals surface area contributed by atoms with Gasteiger partial charge in [0.1, 0.15) is 6.54 Å². The fraction of sp³-hybridized carbons (Fsp3) is 0.800. The van der Waals surface area contributed by atoms with Gasteiger partial charge in [0.25, 0.3) is 0 Å². The highest BCUT2D eigenvalue weighted by Crippen LogP contribution is 2.35. The Kier molecular flexibility index (Phi) is 2.42. The van der Waals surface area contributed by atoms with E-state index in [0.717, 1.165) is 19.3 Å². The molecule has 0 unspecified atom stereocenters. The topological polar surface area (TPSA) is 83.6 Å². The van der Waals surface area contributed by atoms with E-state index in [1.54, 1.807) is 0 Å². The Balaban J connectivity index is 2.03. The maximum absolute atomic E-state index is 12.0. The van der Waals surface area contributed by atoms with E-state index in [9.17, 15) is 9.59 Å². The highest BCUT2D eigenvalue weighted by Gasteiger charge is 2.46. The summed E-state index contributed by atoms with van der Waals surface area (Å²) in [7, 11) is 0. The second-order valence-corrected chi connectivity index (χ2v) is 4.57. The van der Waals surface area contributed by atoms with Crippen molar-refractivity contribution in [3.8, 4) is 0 Å². The van der Waals surface area contributed by atoms with Crippen molar-refractivity contribution >= 4 is 11.9 Å². The van der Waals surface area contributed by atoms with Gasteiger partial charge in [-0.1, -0.05) is 0 Å². The molecule has 2 fully saturated rings. The summed E-state index contributed by atoms with van der Waals surface area (Å²) in [4.78, 5) is 24.1. The number of hydrogen-bond donors (Lipinski definition) is 2. The summed E-state index contributed by atoms with van der Waals surface area (Å²) in [5, 5.41) is 8.73. The SMILES string of the molecule is NC1(C(=O)N(CC(=O)O)C2CC2)CCC1. The molecule has 0 heterocycles. The third-order valence-corrected chi connectivity index (χ3v) is 3.23. The van der Waals surface area contributed by atoms with Crippen molar-refractivity contribution < 1.29 is 14.7 Å². The van der Waals surface area contributed by atoms with Crippen LogP contribution in [-0.2, 0) is 9.59 Å². The zero-order valence-electron chi connectivity index (χ0n) is 8.61. The predicted octanol–water partition coefficient (Wildman–Crippen LogP) is -0.0566. The Bertz CT molecular complexity index is 295. The standard InChI is InChI=1S/C10H16N2O3/c11-10(4-1-5-10)9(15)12(6-8(13)14)7-2-3-7/h7H,1-6,11H2,(H,13,14). The van der Waals surface area contributed by atoms with Crippen LogP contribution >= 0.6 is 0 Å². The van der Waals surface area contributed by atoms with Crippen molar-refractivity contribution in [2.75, 3.05) is 6.54 Å². The number of nitrogens with zero attached hydrogens (tertiary/aromatic N) is 1. The van der Waals surface area contributed by atoms with Gasteiger partial charge in [-0.3, -0.25) is 9.59 Å². The third kappa shape index (κ3) is 1.97. The van der Waals surface area contributed by atoms with Crippen LogP contribution in [0.15, 0.2) is 0 Å². The number of carbonyl (C=O) groups excluding carboxylic acids is 1. The molecule has 2 saturated carbocycles. The minimum Gasteiger partial charge on any atom is -0.480 e. The minimum atomic E-state index is -0.960. The molecule has 5 nitrogen and oxygen atoms in total. The average Bonchev–Trinajstić information content (AvgIpc) is 2.92. The summed E-state index contributed by atoms with van der Waals surface area (Å²) >= 11 is 0. The lowest BCUT2D eigenvalue weighted by atomic mass is 9.76. The number of carbonyl (C=O) groups is 2. The molecule has 2 aliphatic carbocycles. The Labute approximate surface area is 88.2 Å². The molecule has 5 heteroatoms. The van der Waals surface area contributed by atoms with Crippen LogP contribution < -0.4 is 5.73 Å². The molecular formula is C10H16N2O3. The monoisotopic (exact) mass is 212 g/mol. The number of carboxylic acid groups (broad SMARTS) is 1. The van der Waals surface area contributed by atoms with Crippen LogP contribution in [0.1, 0.15) is 32.1 Å². The Morgan fingerprint density at radius 1 is 1.40 bits per heavy atom. The first-order chi connectivity index (χ1) is 7.03. The summed E-state index contributed by atoms with van der Waals surface area (Å²) in [5.41, 5.74) is 5.14. The first-order valence-electron chi connectivity index (χ1n) is 5.35. The van der Waals surface area contributed by atoms with E-state index < -0.39 is 11.5 Å². The number of nitrogens with two attached hydrogens (primary N) is 1. The third-order valence-electron chi connectivity index (χ3n) is 3.23. The van der Waals surface area contributed by atoms with Gasteiger partial charge in [0, 0.05) is 6.04 Å². The van der Waals surface area contributed by atoms with E-state index in [-0.39, 0.29) is 18.5 Å². The average molecular weight is 212 g/mol. The van der Waals surface area contributed by atoms with E-state index in [1.807, 2.05) is 0 Å². The van der Waals surface area contributed by atoms with Crippen LogP contribution in [0.5, 0.6) is 0 Å². The number of hydrogen-bond acceptors (Lipinski definition) is 3. The normalized spacial score (nSPS) is 23.0. The molecular weight excluding hydrogens is 196 g/mol. The van der Waals surface area contributed by atoms with Gasteiger partial charge >= 0.3 is 5.97 Å². The summed E-state index contributed by atoms with van der Waals surface area (Å²) in [6.07, 6.45) is 4.17. The molecule has 0 spiro atoms. The first-order valence-corrected chi connectivity index (χ1v) is 5.35. The highest BCUT2D eigenvalue weighted by molar-refractivity contribution is 5.90. The molecule has 84 valence electrons. The molecule has 0 saturated heterocycles. The molecule has 2 rings (SSSR count). The van der Waals surface area contributed by atoms with E-state index in [0.29, 0.717) is 12.8 Å². The molecule has 2 aliphatic rings. The Hall–Kier alpha value is -1.10. The van der Waals surface area contributed by atoms with Gasteiger partial charge in [-0.05, 0) is 32.1 Å². The van der Waals surface area contributed by atoms with Crippen molar-refractivity contribution in [1.29, 1.82) is 0 Å². The lowest BCUT2D eigenvalue weighted by Gasteiger charge is -2.40. The van der Waals surface area contributed by atoms with Crippen molar-refractivity contribution in [2.24, 2.45) is 5.73 Å². The molecule has 0 radical (unpaired) electrons. The van der Waals surface area contributed by atoms with Crippen LogP contribution in [0.25, 0.3) is 0 Å². The van der Waals surface area contributed by atoms with Gasteiger partial charge in [-0.2, -0.15) is 0 Å². The van der Waals surface area contributed by atoms with E-state index >= 15 is 0 Å².